The van der Waals surface area contributed by atoms with Crippen molar-refractivity contribution < 1.29 is 9.18 Å². The molecule has 0 aliphatic carbocycles. The quantitative estimate of drug-likeness (QED) is 0.730. The zero-order valence-electron chi connectivity index (χ0n) is 12.7. The van der Waals surface area contributed by atoms with Gasteiger partial charge in [-0.3, -0.25) is 9.89 Å². The van der Waals surface area contributed by atoms with Gasteiger partial charge >= 0.3 is 0 Å². The maximum Gasteiger partial charge on any atom is 0.255 e. The van der Waals surface area contributed by atoms with Crippen LogP contribution in [0.3, 0.4) is 0 Å². The lowest BCUT2D eigenvalue weighted by atomic mass is 10.1. The molecule has 4 nitrogen and oxygen atoms in total. The van der Waals surface area contributed by atoms with Gasteiger partial charge in [-0.15, -0.1) is 0 Å². The number of nitrogens with zero attached hydrogens (tertiary/aromatic N) is 1. The molecule has 1 atom stereocenters. The first-order chi connectivity index (χ1) is 11.7. The minimum absolute atomic E-state index is 0.353. The molecule has 1 unspecified atom stereocenters. The summed E-state index contributed by atoms with van der Waals surface area (Å²) in [6.07, 6.45) is 1.43. The molecule has 3 rings (SSSR count). The van der Waals surface area contributed by atoms with Crippen molar-refractivity contribution in [2.75, 3.05) is 6.67 Å². The summed E-state index contributed by atoms with van der Waals surface area (Å²) in [7, 11) is 0. The molecule has 2 aromatic carbocycles. The van der Waals surface area contributed by atoms with E-state index in [-0.39, 0.29) is 5.91 Å². The number of carbonyl (C=O) groups is 1. The van der Waals surface area contributed by atoms with Crippen LogP contribution in [-0.4, -0.2) is 22.8 Å². The van der Waals surface area contributed by atoms with Gasteiger partial charge in [0, 0.05) is 10.6 Å². The van der Waals surface area contributed by atoms with E-state index >= 15 is 0 Å². The highest BCUT2D eigenvalue weighted by molar-refractivity contribution is 6.30. The first kappa shape index (κ1) is 16.2. The molecule has 0 saturated heterocycles. The number of halogens is 2. The molecule has 6 heteroatoms. The minimum Gasteiger partial charge on any atom is -0.342 e. The first-order valence-electron chi connectivity index (χ1n) is 7.40. The summed E-state index contributed by atoms with van der Waals surface area (Å²) in [5, 5.41) is 10.1. The van der Waals surface area contributed by atoms with E-state index in [0.29, 0.717) is 21.8 Å². The van der Waals surface area contributed by atoms with Crippen LogP contribution in [0, 0.1) is 0 Å². The summed E-state index contributed by atoms with van der Waals surface area (Å²) in [5.74, 6) is -0.389. The van der Waals surface area contributed by atoms with Gasteiger partial charge in [-0.25, -0.2) is 4.39 Å². The Bertz CT molecular complexity index is 818. The summed E-state index contributed by atoms with van der Waals surface area (Å²) in [6, 6.07) is 15.3. The number of alkyl halides is 1. The number of H-pyrrole nitrogens is 1. The zero-order chi connectivity index (χ0) is 16.9. The SMILES string of the molecule is O=C(NC(CF)c1ccccc1)c1cn[nH]c1-c1ccc(Cl)cc1. The Morgan fingerprint density at radius 1 is 1.17 bits per heavy atom. The van der Waals surface area contributed by atoms with Gasteiger partial charge in [0.25, 0.3) is 5.91 Å². The molecule has 1 aromatic heterocycles. The van der Waals surface area contributed by atoms with E-state index in [1.807, 2.05) is 6.07 Å². The summed E-state index contributed by atoms with van der Waals surface area (Å²) in [4.78, 5) is 12.5. The fourth-order valence-corrected chi connectivity index (χ4v) is 2.55. The van der Waals surface area contributed by atoms with Crippen molar-refractivity contribution in [2.45, 2.75) is 6.04 Å². The summed E-state index contributed by atoms with van der Waals surface area (Å²) >= 11 is 5.88. The lowest BCUT2D eigenvalue weighted by Crippen LogP contribution is -2.29. The number of hydrogen-bond acceptors (Lipinski definition) is 2. The van der Waals surface area contributed by atoms with Crippen LogP contribution in [0.4, 0.5) is 4.39 Å². The number of amides is 1. The highest BCUT2D eigenvalue weighted by atomic mass is 35.5. The fourth-order valence-electron chi connectivity index (χ4n) is 2.43. The normalized spacial score (nSPS) is 11.9. The van der Waals surface area contributed by atoms with Gasteiger partial charge in [-0.05, 0) is 17.7 Å². The van der Waals surface area contributed by atoms with Crippen LogP contribution in [0.15, 0.2) is 60.8 Å². The number of benzene rings is 2. The molecule has 0 radical (unpaired) electrons. The van der Waals surface area contributed by atoms with Crippen LogP contribution in [0.1, 0.15) is 22.0 Å². The highest BCUT2D eigenvalue weighted by Crippen LogP contribution is 2.23. The topological polar surface area (TPSA) is 57.8 Å². The molecular formula is C18H15ClFN3O. The van der Waals surface area contributed by atoms with E-state index in [9.17, 15) is 9.18 Å². The molecule has 3 aromatic rings. The van der Waals surface area contributed by atoms with Gasteiger partial charge in [-0.1, -0.05) is 54.1 Å². The molecule has 0 fully saturated rings. The molecule has 0 saturated carbocycles. The second kappa shape index (κ2) is 7.27. The van der Waals surface area contributed by atoms with Crippen LogP contribution in [0.5, 0.6) is 0 Å². The number of carbonyl (C=O) groups excluding carboxylic acids is 1. The average Bonchev–Trinajstić information content (AvgIpc) is 3.10. The van der Waals surface area contributed by atoms with Gasteiger partial charge in [0.2, 0.25) is 0 Å². The summed E-state index contributed by atoms with van der Waals surface area (Å²) in [5.41, 5.74) is 2.41. The van der Waals surface area contributed by atoms with E-state index in [1.54, 1.807) is 48.5 Å². The molecule has 122 valence electrons. The van der Waals surface area contributed by atoms with E-state index in [1.165, 1.54) is 6.20 Å². The first-order valence-corrected chi connectivity index (χ1v) is 7.78. The molecule has 2 N–H and O–H groups in total. The third-order valence-electron chi connectivity index (χ3n) is 3.68. The van der Waals surface area contributed by atoms with E-state index < -0.39 is 12.7 Å². The molecule has 0 spiro atoms. The predicted molar refractivity (Wildman–Crippen MR) is 91.7 cm³/mol. The molecule has 0 aliphatic heterocycles. The van der Waals surface area contributed by atoms with Crippen molar-refractivity contribution in [3.63, 3.8) is 0 Å². The largest absolute Gasteiger partial charge is 0.342 e. The second-order valence-corrected chi connectivity index (χ2v) is 5.69. The lowest BCUT2D eigenvalue weighted by molar-refractivity contribution is 0.0930. The maximum absolute atomic E-state index is 13.4. The van der Waals surface area contributed by atoms with Crippen LogP contribution in [0.25, 0.3) is 11.3 Å². The number of aromatic amines is 1. The Morgan fingerprint density at radius 3 is 2.54 bits per heavy atom. The van der Waals surface area contributed by atoms with E-state index in [2.05, 4.69) is 15.5 Å². The molecule has 1 amide bonds. The fraction of sp³-hybridized carbons (Fsp3) is 0.111. The maximum atomic E-state index is 13.4. The van der Waals surface area contributed by atoms with Crippen LogP contribution in [-0.2, 0) is 0 Å². The third-order valence-corrected chi connectivity index (χ3v) is 3.93. The molecule has 24 heavy (non-hydrogen) atoms. The monoisotopic (exact) mass is 343 g/mol. The average molecular weight is 344 g/mol. The van der Waals surface area contributed by atoms with Crippen LogP contribution >= 0.6 is 11.6 Å². The smallest absolute Gasteiger partial charge is 0.255 e. The van der Waals surface area contributed by atoms with Crippen molar-refractivity contribution in [3.05, 3.63) is 76.9 Å². The van der Waals surface area contributed by atoms with Crippen molar-refractivity contribution in [2.24, 2.45) is 0 Å². The Kier molecular flexibility index (Phi) is 4.91. The highest BCUT2D eigenvalue weighted by Gasteiger charge is 2.20. The molecular weight excluding hydrogens is 329 g/mol. The van der Waals surface area contributed by atoms with Gasteiger partial charge in [0.15, 0.2) is 0 Å². The Hall–Kier alpha value is -2.66. The van der Waals surface area contributed by atoms with Crippen LogP contribution < -0.4 is 5.32 Å². The molecule has 0 bridgehead atoms. The van der Waals surface area contributed by atoms with Crippen molar-refractivity contribution in [1.82, 2.24) is 15.5 Å². The van der Waals surface area contributed by atoms with Gasteiger partial charge in [0.05, 0.1) is 23.5 Å². The summed E-state index contributed by atoms with van der Waals surface area (Å²) < 4.78 is 13.4. The van der Waals surface area contributed by atoms with E-state index in [4.69, 9.17) is 11.6 Å². The summed E-state index contributed by atoms with van der Waals surface area (Å²) in [6.45, 7) is -0.691. The Labute approximate surface area is 143 Å². The molecule has 0 aliphatic rings. The van der Waals surface area contributed by atoms with Gasteiger partial charge in [-0.2, -0.15) is 5.10 Å². The lowest BCUT2D eigenvalue weighted by Gasteiger charge is -2.15. The van der Waals surface area contributed by atoms with E-state index in [0.717, 1.165) is 5.56 Å². The number of nitrogens with one attached hydrogen (secondary N) is 2. The number of rotatable bonds is 5. The second-order valence-electron chi connectivity index (χ2n) is 5.26. The van der Waals surface area contributed by atoms with Crippen molar-refractivity contribution in [3.8, 4) is 11.3 Å². The van der Waals surface area contributed by atoms with Crippen molar-refractivity contribution >= 4 is 17.5 Å². The van der Waals surface area contributed by atoms with Crippen LogP contribution in [0.2, 0.25) is 5.02 Å². The zero-order valence-corrected chi connectivity index (χ0v) is 13.4. The van der Waals surface area contributed by atoms with Gasteiger partial charge in [0.1, 0.15) is 6.67 Å². The van der Waals surface area contributed by atoms with Crippen molar-refractivity contribution in [1.29, 1.82) is 0 Å². The minimum atomic E-state index is -0.702. The number of aromatic nitrogens is 2. The molecule has 1 heterocycles. The third kappa shape index (κ3) is 3.46. The Balaban J connectivity index is 1.83. The Morgan fingerprint density at radius 2 is 1.88 bits per heavy atom. The van der Waals surface area contributed by atoms with Gasteiger partial charge < -0.3 is 5.32 Å². The predicted octanol–water partition coefficient (Wildman–Crippen LogP) is 4.17. The number of hydrogen-bond donors (Lipinski definition) is 2. The standard InChI is InChI=1S/C18H15ClFN3O/c19-14-8-6-13(7-9-14)17-15(11-21-23-17)18(24)22-16(10-20)12-4-2-1-3-5-12/h1-9,11,16H,10H2,(H,21,23)(H,22,24).